The Labute approximate surface area is 178 Å². The second-order valence-corrected chi connectivity index (χ2v) is 10.0. The second kappa shape index (κ2) is 8.99. The molecule has 3 rings (SSSR count). The Balaban J connectivity index is 1.66. The zero-order chi connectivity index (χ0) is 21.9. The Bertz CT molecular complexity index is 1140. The van der Waals surface area contributed by atoms with Crippen LogP contribution in [-0.2, 0) is 14.8 Å². The fourth-order valence-corrected chi connectivity index (χ4v) is 4.12. The van der Waals surface area contributed by atoms with E-state index in [4.69, 9.17) is 4.42 Å². The Morgan fingerprint density at radius 2 is 1.90 bits per heavy atom. The van der Waals surface area contributed by atoms with Gasteiger partial charge in [-0.05, 0) is 49.4 Å². The summed E-state index contributed by atoms with van der Waals surface area (Å²) in [5, 5.41) is 2.44. The van der Waals surface area contributed by atoms with E-state index in [-0.39, 0.29) is 16.6 Å². The molecule has 0 fully saturated rings. The zero-order valence-electron chi connectivity index (χ0n) is 16.5. The van der Waals surface area contributed by atoms with E-state index in [9.17, 15) is 17.6 Å². The van der Waals surface area contributed by atoms with Crippen LogP contribution in [0.3, 0.4) is 0 Å². The fourth-order valence-electron chi connectivity index (χ4n) is 2.45. The molecular weight excluding hydrogens is 429 g/mol. The Hall–Kier alpha value is -2.69. The van der Waals surface area contributed by atoms with Crippen LogP contribution in [0.25, 0.3) is 11.3 Å². The van der Waals surface area contributed by atoms with Crippen LogP contribution in [0.2, 0.25) is 0 Å². The maximum Gasteiger partial charge on any atom is 0.256 e. The normalized spacial score (nSPS) is 12.7. The van der Waals surface area contributed by atoms with E-state index in [2.05, 4.69) is 10.3 Å². The highest BCUT2D eigenvalue weighted by molar-refractivity contribution is 8.00. The molecule has 1 aromatic heterocycles. The number of halogens is 1. The predicted octanol–water partition coefficient (Wildman–Crippen LogP) is 3.85. The third-order valence-electron chi connectivity index (χ3n) is 4.14. The van der Waals surface area contributed by atoms with Gasteiger partial charge in [-0.1, -0.05) is 17.8 Å². The topological polar surface area (TPSA) is 92.5 Å². The van der Waals surface area contributed by atoms with E-state index in [1.807, 2.05) is 0 Å². The van der Waals surface area contributed by atoms with Gasteiger partial charge in [0.1, 0.15) is 5.82 Å². The number of thioether (sulfide) groups is 1. The van der Waals surface area contributed by atoms with Crippen LogP contribution < -0.4 is 5.32 Å². The van der Waals surface area contributed by atoms with Gasteiger partial charge < -0.3 is 9.73 Å². The Morgan fingerprint density at radius 3 is 2.57 bits per heavy atom. The fraction of sp³-hybridized carbons (Fsp3) is 0.200. The number of rotatable bonds is 7. The number of aromatic nitrogens is 1. The van der Waals surface area contributed by atoms with Crippen LogP contribution in [0.15, 0.2) is 69.3 Å². The van der Waals surface area contributed by atoms with Crippen LogP contribution in [0.4, 0.5) is 10.1 Å². The van der Waals surface area contributed by atoms with Gasteiger partial charge in [0.25, 0.3) is 5.22 Å². The van der Waals surface area contributed by atoms with Gasteiger partial charge in [0, 0.05) is 25.3 Å². The van der Waals surface area contributed by atoms with Gasteiger partial charge in [-0.2, -0.15) is 0 Å². The lowest BCUT2D eigenvalue weighted by atomic mass is 10.2. The number of nitrogens with one attached hydrogen (secondary N) is 1. The molecule has 0 aliphatic rings. The summed E-state index contributed by atoms with van der Waals surface area (Å²) < 4.78 is 44.3. The maximum atomic E-state index is 13.0. The number of hydrogen-bond donors (Lipinski definition) is 1. The van der Waals surface area contributed by atoms with Crippen molar-refractivity contribution in [2.75, 3.05) is 19.4 Å². The highest BCUT2D eigenvalue weighted by Crippen LogP contribution is 2.29. The van der Waals surface area contributed by atoms with E-state index >= 15 is 0 Å². The van der Waals surface area contributed by atoms with E-state index in [1.54, 1.807) is 31.2 Å². The minimum atomic E-state index is -3.60. The molecule has 0 saturated carbocycles. The van der Waals surface area contributed by atoms with Gasteiger partial charge in [-0.15, -0.1) is 0 Å². The summed E-state index contributed by atoms with van der Waals surface area (Å²) in [4.78, 5) is 16.8. The lowest BCUT2D eigenvalue weighted by Crippen LogP contribution is -2.24. The molecule has 1 amide bonds. The Morgan fingerprint density at radius 1 is 1.20 bits per heavy atom. The van der Waals surface area contributed by atoms with Crippen molar-refractivity contribution >= 4 is 33.4 Å². The summed E-state index contributed by atoms with van der Waals surface area (Å²) in [5.41, 5.74) is 1.04. The molecule has 30 heavy (non-hydrogen) atoms. The number of nitrogens with zero attached hydrogens (tertiary/aromatic N) is 2. The van der Waals surface area contributed by atoms with Crippen molar-refractivity contribution in [3.8, 4) is 11.3 Å². The van der Waals surface area contributed by atoms with Crippen molar-refractivity contribution in [3.05, 3.63) is 60.5 Å². The molecule has 0 bridgehead atoms. The number of carbonyl (C=O) groups excluding carboxylic acids is 1. The molecule has 1 unspecified atom stereocenters. The monoisotopic (exact) mass is 449 g/mol. The first-order chi connectivity index (χ1) is 14.2. The molecule has 158 valence electrons. The summed E-state index contributed by atoms with van der Waals surface area (Å²) in [6.07, 6.45) is 1.51. The number of hydrogen-bond acceptors (Lipinski definition) is 6. The minimum absolute atomic E-state index is 0.0854. The average Bonchev–Trinajstić information content (AvgIpc) is 3.17. The van der Waals surface area contributed by atoms with Crippen LogP contribution in [0.1, 0.15) is 6.92 Å². The molecule has 3 aromatic rings. The average molecular weight is 450 g/mol. The van der Waals surface area contributed by atoms with Crippen LogP contribution >= 0.6 is 11.8 Å². The molecule has 1 atom stereocenters. The van der Waals surface area contributed by atoms with Gasteiger partial charge >= 0.3 is 0 Å². The van der Waals surface area contributed by atoms with Crippen LogP contribution in [0.5, 0.6) is 0 Å². The summed E-state index contributed by atoms with van der Waals surface area (Å²) in [6, 6.07) is 11.9. The quantitative estimate of drug-likeness (QED) is 0.551. The first kappa shape index (κ1) is 22.0. The molecule has 1 N–H and O–H groups in total. The largest absolute Gasteiger partial charge is 0.431 e. The lowest BCUT2D eigenvalue weighted by Gasteiger charge is -2.14. The highest BCUT2D eigenvalue weighted by Gasteiger charge is 2.20. The number of benzene rings is 2. The van der Waals surface area contributed by atoms with Crippen molar-refractivity contribution < 1.29 is 22.0 Å². The van der Waals surface area contributed by atoms with Crippen LogP contribution in [0, 0.1) is 5.82 Å². The van der Waals surface area contributed by atoms with Crippen molar-refractivity contribution in [2.45, 2.75) is 22.3 Å². The molecule has 0 radical (unpaired) electrons. The number of sulfonamides is 1. The first-order valence-corrected chi connectivity index (χ1v) is 11.2. The van der Waals surface area contributed by atoms with Gasteiger partial charge in [-0.3, -0.25) is 4.79 Å². The summed E-state index contributed by atoms with van der Waals surface area (Å²) in [5.74, 6) is -0.215. The molecule has 0 saturated heterocycles. The van der Waals surface area contributed by atoms with Gasteiger partial charge in [0.15, 0.2) is 5.76 Å². The van der Waals surface area contributed by atoms with E-state index in [0.29, 0.717) is 22.2 Å². The standard InChI is InChI=1S/C20H20FN3O4S2/c1-13(29-20-22-12-18(28-20)14-7-9-15(21)10-8-14)19(25)23-16-5-4-6-17(11-16)30(26,27)24(2)3/h4-13H,1-3H3,(H,23,25). The Kier molecular flexibility index (Phi) is 6.59. The van der Waals surface area contributed by atoms with E-state index < -0.39 is 15.3 Å². The third-order valence-corrected chi connectivity index (χ3v) is 6.91. The summed E-state index contributed by atoms with van der Waals surface area (Å²) in [7, 11) is -0.721. The number of oxazole rings is 1. The summed E-state index contributed by atoms with van der Waals surface area (Å²) >= 11 is 1.11. The van der Waals surface area contributed by atoms with Crippen molar-refractivity contribution in [3.63, 3.8) is 0 Å². The van der Waals surface area contributed by atoms with E-state index in [0.717, 1.165) is 16.1 Å². The number of carbonyl (C=O) groups is 1. The third kappa shape index (κ3) is 5.07. The molecule has 0 aliphatic carbocycles. The van der Waals surface area contributed by atoms with Gasteiger partial charge in [0.2, 0.25) is 15.9 Å². The molecule has 0 aliphatic heterocycles. The van der Waals surface area contributed by atoms with Crippen molar-refractivity contribution in [1.82, 2.24) is 9.29 Å². The van der Waals surface area contributed by atoms with Crippen molar-refractivity contribution in [1.29, 1.82) is 0 Å². The molecule has 0 spiro atoms. The smallest absolute Gasteiger partial charge is 0.256 e. The van der Waals surface area contributed by atoms with Crippen molar-refractivity contribution in [2.24, 2.45) is 0 Å². The molecular formula is C20H20FN3O4S2. The molecule has 10 heteroatoms. The zero-order valence-corrected chi connectivity index (χ0v) is 18.1. The van der Waals surface area contributed by atoms with E-state index in [1.165, 1.54) is 44.6 Å². The number of anilines is 1. The molecule has 2 aromatic carbocycles. The number of amides is 1. The second-order valence-electron chi connectivity index (χ2n) is 6.56. The highest BCUT2D eigenvalue weighted by atomic mass is 32.2. The van der Waals surface area contributed by atoms with Crippen LogP contribution in [-0.4, -0.2) is 43.0 Å². The predicted molar refractivity (Wildman–Crippen MR) is 113 cm³/mol. The lowest BCUT2D eigenvalue weighted by molar-refractivity contribution is -0.115. The van der Waals surface area contributed by atoms with Gasteiger partial charge in [-0.25, -0.2) is 22.1 Å². The maximum absolute atomic E-state index is 13.0. The minimum Gasteiger partial charge on any atom is -0.431 e. The summed E-state index contributed by atoms with van der Waals surface area (Å²) in [6.45, 7) is 1.68. The molecule has 1 heterocycles. The SMILES string of the molecule is CC(Sc1ncc(-c2ccc(F)cc2)o1)C(=O)Nc1cccc(S(=O)(=O)N(C)C)c1. The molecule has 7 nitrogen and oxygen atoms in total. The van der Waals surface area contributed by atoms with Gasteiger partial charge in [0.05, 0.1) is 16.3 Å². The first-order valence-electron chi connectivity index (χ1n) is 8.88.